The van der Waals surface area contributed by atoms with Crippen LogP contribution in [0.4, 0.5) is 28.4 Å². The van der Waals surface area contributed by atoms with Crippen LogP contribution >= 0.6 is 15.9 Å². The van der Waals surface area contributed by atoms with E-state index in [0.717, 1.165) is 82.7 Å². The molecule has 0 spiro atoms. The molecule has 524 valence electrons. The molecule has 18 aromatic carbocycles. The van der Waals surface area contributed by atoms with E-state index >= 15 is 0 Å². The zero-order valence-corrected chi connectivity index (χ0v) is 61.9. The standard InChI is InChI=1S/C52H34N2O.C28H19NO.C24H16BrN/c1-2-12-38-34-43(32-25-35(38)11-1)53(41-30-26-37(27-31-41)44-18-10-22-51-52(44)47-17-5-8-21-50(47)55-51)40-28-23-36(24-29-40)39-13-9-14-42(33-39)54-48-19-6-3-15-45(48)46-16-4-7-20-49(46)54;1-2-7-21-18-23(17-12-19(21)6-1)29-22-15-13-20(14-16-22)24-9-5-11-27-28(24)25-8-3-4-10-26(25)30-27;25-19-14-12-17(13-15-19)18-6-5-7-20(16-18)26-23-10-3-1-8-21(23)22-9-2-4-11-24(22)26/h1-34H;1-18,29H;1-16H. The Hall–Kier alpha value is -14.2. The lowest BCUT2D eigenvalue weighted by Crippen LogP contribution is -2.09. The summed E-state index contributed by atoms with van der Waals surface area (Å²) in [4.78, 5) is 2.35. The fraction of sp³-hybridized carbons (Fsp3) is 0. The Kier molecular flexibility index (Phi) is 17.0. The molecular weight excluding hydrogens is 1420 g/mol. The van der Waals surface area contributed by atoms with Crippen molar-refractivity contribution in [1.82, 2.24) is 9.13 Å². The zero-order valence-electron chi connectivity index (χ0n) is 60.3. The van der Waals surface area contributed by atoms with Crippen molar-refractivity contribution in [3.8, 4) is 55.9 Å². The minimum Gasteiger partial charge on any atom is -0.456 e. The Labute approximate surface area is 649 Å². The lowest BCUT2D eigenvalue weighted by Gasteiger charge is -2.26. The predicted molar refractivity (Wildman–Crippen MR) is 471 cm³/mol. The number of benzene rings is 18. The molecule has 7 heteroatoms. The number of halogens is 1. The van der Waals surface area contributed by atoms with Crippen LogP contribution in [0, 0.1) is 0 Å². The van der Waals surface area contributed by atoms with Crippen LogP contribution in [0.15, 0.2) is 426 Å². The molecule has 1 N–H and O–H groups in total. The quantitative estimate of drug-likeness (QED) is 0.140. The summed E-state index contributed by atoms with van der Waals surface area (Å²) < 4.78 is 18.1. The highest BCUT2D eigenvalue weighted by Gasteiger charge is 2.20. The van der Waals surface area contributed by atoms with Crippen molar-refractivity contribution in [2.24, 2.45) is 0 Å². The van der Waals surface area contributed by atoms with Crippen molar-refractivity contribution in [3.05, 3.63) is 417 Å². The van der Waals surface area contributed by atoms with E-state index in [0.29, 0.717) is 0 Å². The Balaban J connectivity index is 0.000000120. The van der Waals surface area contributed by atoms with Crippen LogP contribution in [0.1, 0.15) is 0 Å². The van der Waals surface area contributed by atoms with Crippen LogP contribution in [0.2, 0.25) is 0 Å². The predicted octanol–water partition coefficient (Wildman–Crippen LogP) is 30.0. The fourth-order valence-corrected chi connectivity index (χ4v) is 16.5. The van der Waals surface area contributed by atoms with Crippen LogP contribution in [0.3, 0.4) is 0 Å². The Morgan fingerprint density at radius 1 is 0.234 bits per heavy atom. The van der Waals surface area contributed by atoms with Gasteiger partial charge in [-0.3, -0.25) is 0 Å². The van der Waals surface area contributed by atoms with Gasteiger partial charge in [0.15, 0.2) is 0 Å². The third-order valence-corrected chi connectivity index (χ3v) is 22.0. The molecule has 22 rings (SSSR count). The van der Waals surface area contributed by atoms with Gasteiger partial charge in [-0.2, -0.15) is 0 Å². The van der Waals surface area contributed by atoms with E-state index in [2.05, 4.69) is 417 Å². The molecule has 111 heavy (non-hydrogen) atoms. The smallest absolute Gasteiger partial charge is 0.136 e. The monoisotopic (exact) mass is 1480 g/mol. The van der Waals surface area contributed by atoms with Crippen molar-refractivity contribution < 1.29 is 8.83 Å². The second-order valence-corrected chi connectivity index (χ2v) is 29.0. The van der Waals surface area contributed by atoms with Crippen molar-refractivity contribution in [1.29, 1.82) is 0 Å². The summed E-state index contributed by atoms with van der Waals surface area (Å²) in [6.07, 6.45) is 0. The zero-order chi connectivity index (χ0) is 73.7. The topological polar surface area (TPSA) is 51.4 Å². The lowest BCUT2D eigenvalue weighted by molar-refractivity contribution is 0.668. The summed E-state index contributed by atoms with van der Waals surface area (Å²) in [7, 11) is 0. The highest BCUT2D eigenvalue weighted by molar-refractivity contribution is 9.10. The number of fused-ring (bicyclic) bond motifs is 14. The Bertz CT molecular complexity index is 7140. The van der Waals surface area contributed by atoms with E-state index in [-0.39, 0.29) is 0 Å². The first-order chi connectivity index (χ1) is 54.9. The van der Waals surface area contributed by atoms with Gasteiger partial charge in [0, 0.05) is 87.4 Å². The molecule has 4 aromatic heterocycles. The minimum atomic E-state index is 0.904. The first kappa shape index (κ1) is 66.2. The molecule has 0 unspecified atom stereocenters. The van der Waals surface area contributed by atoms with E-state index in [1.54, 1.807) is 0 Å². The lowest BCUT2D eigenvalue weighted by atomic mass is 9.99. The summed E-state index contributed by atoms with van der Waals surface area (Å²) in [6, 6.07) is 146. The number of aromatic nitrogens is 2. The number of rotatable bonds is 11. The van der Waals surface area contributed by atoms with Gasteiger partial charge in [-0.15, -0.1) is 0 Å². The maximum atomic E-state index is 6.22. The second-order valence-electron chi connectivity index (χ2n) is 28.1. The molecule has 0 radical (unpaired) electrons. The Morgan fingerprint density at radius 3 is 1.06 bits per heavy atom. The van der Waals surface area contributed by atoms with Gasteiger partial charge in [-0.1, -0.05) is 283 Å². The second kappa shape index (κ2) is 28.5. The molecule has 0 saturated heterocycles. The number of para-hydroxylation sites is 6. The highest BCUT2D eigenvalue weighted by atomic mass is 79.9. The van der Waals surface area contributed by atoms with E-state index in [1.165, 1.54) is 115 Å². The summed E-state index contributed by atoms with van der Waals surface area (Å²) in [5.41, 5.74) is 25.8. The summed E-state index contributed by atoms with van der Waals surface area (Å²) in [5, 5.41) is 18.1. The third kappa shape index (κ3) is 12.5. The number of hydrogen-bond acceptors (Lipinski definition) is 4. The van der Waals surface area contributed by atoms with Crippen LogP contribution in [-0.2, 0) is 0 Å². The van der Waals surface area contributed by atoms with E-state index < -0.39 is 0 Å². The molecule has 0 bridgehead atoms. The SMILES string of the molecule is Brc1ccc(-c2cccc(-n3c4ccccc4c4ccccc43)c2)cc1.c1cc(-c2ccc(N(c3ccc(-c4cccc5oc6ccccc6c45)cc3)c3ccc4ccccc4c3)cc2)cc(-n2c3ccccc3c3ccccc32)c1.c1ccc2cc(Nc3ccc(-c4cccc5oc6ccccc6c45)cc3)ccc2c1. The van der Waals surface area contributed by atoms with Crippen LogP contribution in [0.5, 0.6) is 0 Å². The third-order valence-electron chi connectivity index (χ3n) is 21.5. The molecule has 0 aliphatic rings. The van der Waals surface area contributed by atoms with Gasteiger partial charge in [0.25, 0.3) is 0 Å². The summed E-state index contributed by atoms with van der Waals surface area (Å²) in [6.45, 7) is 0. The number of anilines is 5. The van der Waals surface area contributed by atoms with Crippen molar-refractivity contribution in [2.75, 3.05) is 10.2 Å². The number of hydrogen-bond donors (Lipinski definition) is 1. The molecular formula is C104H69BrN4O2. The van der Waals surface area contributed by atoms with Gasteiger partial charge >= 0.3 is 0 Å². The van der Waals surface area contributed by atoms with Gasteiger partial charge in [0.05, 0.1) is 22.1 Å². The van der Waals surface area contributed by atoms with Gasteiger partial charge in [-0.05, 0) is 212 Å². The molecule has 0 fully saturated rings. The molecule has 0 amide bonds. The van der Waals surface area contributed by atoms with Crippen LogP contribution < -0.4 is 10.2 Å². The minimum absolute atomic E-state index is 0.904. The van der Waals surface area contributed by atoms with Gasteiger partial charge in [0.1, 0.15) is 22.3 Å². The fourth-order valence-electron chi connectivity index (χ4n) is 16.2. The molecule has 22 aromatic rings. The molecule has 0 atom stereocenters. The van der Waals surface area contributed by atoms with Crippen LogP contribution in [0.25, 0.3) is 165 Å². The van der Waals surface area contributed by atoms with Crippen molar-refractivity contribution in [2.45, 2.75) is 0 Å². The maximum Gasteiger partial charge on any atom is 0.136 e. The normalized spacial score (nSPS) is 11.5. The van der Waals surface area contributed by atoms with E-state index in [9.17, 15) is 0 Å². The molecule has 4 heterocycles. The summed E-state index contributed by atoms with van der Waals surface area (Å²) >= 11 is 3.51. The number of nitrogens with zero attached hydrogens (tertiary/aromatic N) is 3. The van der Waals surface area contributed by atoms with Crippen molar-refractivity contribution >= 4 is 153 Å². The first-order valence-electron chi connectivity index (χ1n) is 37.5. The molecule has 6 nitrogen and oxygen atoms in total. The number of furan rings is 2. The van der Waals surface area contributed by atoms with E-state index in [1.807, 2.05) is 30.3 Å². The highest BCUT2D eigenvalue weighted by Crippen LogP contribution is 2.44. The van der Waals surface area contributed by atoms with Crippen molar-refractivity contribution in [3.63, 3.8) is 0 Å². The van der Waals surface area contributed by atoms with E-state index in [4.69, 9.17) is 8.83 Å². The first-order valence-corrected chi connectivity index (χ1v) is 38.3. The van der Waals surface area contributed by atoms with Gasteiger partial charge in [0.2, 0.25) is 0 Å². The summed E-state index contributed by atoms with van der Waals surface area (Å²) in [5.74, 6) is 0. The molecule has 0 aliphatic carbocycles. The van der Waals surface area contributed by atoms with Crippen LogP contribution in [-0.4, -0.2) is 9.13 Å². The largest absolute Gasteiger partial charge is 0.456 e. The number of nitrogens with one attached hydrogen (secondary N) is 1. The molecule has 0 aliphatic heterocycles. The van der Waals surface area contributed by atoms with Gasteiger partial charge < -0.3 is 28.2 Å². The van der Waals surface area contributed by atoms with Gasteiger partial charge in [-0.25, -0.2) is 0 Å². The molecule has 0 saturated carbocycles. The average Bonchev–Trinajstić information content (AvgIpc) is 1.61. The Morgan fingerprint density at radius 2 is 0.586 bits per heavy atom. The maximum absolute atomic E-state index is 6.22. The average molecular weight is 1490 g/mol.